The monoisotopic (exact) mass is 398 g/mol. The second kappa shape index (κ2) is 8.02. The molecule has 7 heteroatoms. The van der Waals surface area contributed by atoms with Crippen molar-refractivity contribution in [2.75, 3.05) is 31.1 Å². The minimum Gasteiger partial charge on any atom is -0.366 e. The molecular formula is C21H20ClFN4O. The first-order chi connectivity index (χ1) is 13.6. The highest BCUT2D eigenvalue weighted by Gasteiger charge is 2.24. The highest BCUT2D eigenvalue weighted by atomic mass is 35.5. The van der Waals surface area contributed by atoms with E-state index >= 15 is 0 Å². The summed E-state index contributed by atoms with van der Waals surface area (Å²) < 4.78 is 15.7. The number of aromatic nitrogens is 2. The number of benzene rings is 2. The molecule has 0 spiro atoms. The molecule has 1 aromatic heterocycles. The quantitative estimate of drug-likeness (QED) is 0.673. The van der Waals surface area contributed by atoms with Crippen LogP contribution in [0.25, 0.3) is 0 Å². The number of hydrogen-bond donors (Lipinski definition) is 0. The van der Waals surface area contributed by atoms with Crippen LogP contribution in [0.5, 0.6) is 0 Å². The first-order valence-electron chi connectivity index (χ1n) is 9.16. The maximum atomic E-state index is 14.0. The second-order valence-corrected chi connectivity index (χ2v) is 7.16. The Labute approximate surface area is 167 Å². The summed E-state index contributed by atoms with van der Waals surface area (Å²) in [5.41, 5.74) is 2.08. The van der Waals surface area contributed by atoms with Crippen LogP contribution in [0.1, 0.15) is 15.9 Å². The van der Waals surface area contributed by atoms with Gasteiger partial charge >= 0.3 is 0 Å². The lowest BCUT2D eigenvalue weighted by Crippen LogP contribution is -2.49. The van der Waals surface area contributed by atoms with Crippen molar-refractivity contribution in [3.05, 3.63) is 82.9 Å². The first-order valence-corrected chi connectivity index (χ1v) is 9.54. The van der Waals surface area contributed by atoms with Gasteiger partial charge in [0.1, 0.15) is 5.82 Å². The lowest BCUT2D eigenvalue weighted by molar-refractivity contribution is 0.0746. The van der Waals surface area contributed by atoms with Gasteiger partial charge in [-0.3, -0.25) is 9.48 Å². The van der Waals surface area contributed by atoms with E-state index in [9.17, 15) is 9.18 Å². The molecule has 1 fully saturated rings. The molecule has 4 rings (SSSR count). The summed E-state index contributed by atoms with van der Waals surface area (Å²) in [7, 11) is 0. The first kappa shape index (κ1) is 18.5. The van der Waals surface area contributed by atoms with Gasteiger partial charge in [-0.25, -0.2) is 4.39 Å². The number of amides is 1. The molecule has 0 bridgehead atoms. The molecule has 0 N–H and O–H groups in total. The summed E-state index contributed by atoms with van der Waals surface area (Å²) in [5, 5.41) is 4.97. The maximum Gasteiger partial charge on any atom is 0.257 e. The third-order valence-corrected chi connectivity index (χ3v) is 5.30. The largest absolute Gasteiger partial charge is 0.366 e. The molecule has 1 amide bonds. The van der Waals surface area contributed by atoms with Crippen LogP contribution in [0.4, 0.5) is 10.1 Å². The number of hydrogen-bond acceptors (Lipinski definition) is 3. The molecule has 5 nitrogen and oxygen atoms in total. The molecule has 2 heterocycles. The number of anilines is 1. The Kier molecular flexibility index (Phi) is 5.30. The van der Waals surface area contributed by atoms with Gasteiger partial charge in [0, 0.05) is 37.4 Å². The van der Waals surface area contributed by atoms with Gasteiger partial charge in [-0.2, -0.15) is 5.10 Å². The highest BCUT2D eigenvalue weighted by Crippen LogP contribution is 2.21. The van der Waals surface area contributed by atoms with Gasteiger partial charge in [0.05, 0.1) is 24.0 Å². The zero-order valence-electron chi connectivity index (χ0n) is 15.3. The van der Waals surface area contributed by atoms with E-state index in [0.29, 0.717) is 49.0 Å². The Bertz CT molecular complexity index is 982. The Balaban J connectivity index is 1.39. The van der Waals surface area contributed by atoms with Crippen LogP contribution in [-0.4, -0.2) is 46.8 Å². The smallest absolute Gasteiger partial charge is 0.257 e. The van der Waals surface area contributed by atoms with E-state index in [1.54, 1.807) is 34.1 Å². The maximum absolute atomic E-state index is 14.0. The molecule has 1 aliphatic rings. The molecule has 0 aliphatic carbocycles. The lowest BCUT2D eigenvalue weighted by atomic mass is 10.2. The summed E-state index contributed by atoms with van der Waals surface area (Å²) in [6.45, 7) is 2.79. The van der Waals surface area contributed by atoms with Crippen molar-refractivity contribution in [2.45, 2.75) is 6.54 Å². The molecule has 2 aromatic carbocycles. The second-order valence-electron chi connectivity index (χ2n) is 6.75. The lowest BCUT2D eigenvalue weighted by Gasteiger charge is -2.36. The van der Waals surface area contributed by atoms with Crippen LogP contribution in [0.3, 0.4) is 0 Å². The van der Waals surface area contributed by atoms with Crippen molar-refractivity contribution in [3.63, 3.8) is 0 Å². The van der Waals surface area contributed by atoms with Crippen molar-refractivity contribution < 1.29 is 9.18 Å². The van der Waals surface area contributed by atoms with E-state index in [4.69, 9.17) is 11.6 Å². The van der Waals surface area contributed by atoms with Crippen molar-refractivity contribution in [2.24, 2.45) is 0 Å². The van der Waals surface area contributed by atoms with Crippen LogP contribution in [-0.2, 0) is 6.54 Å². The highest BCUT2D eigenvalue weighted by molar-refractivity contribution is 6.31. The van der Waals surface area contributed by atoms with Crippen LogP contribution < -0.4 is 4.90 Å². The van der Waals surface area contributed by atoms with Gasteiger partial charge in [-0.05, 0) is 23.8 Å². The van der Waals surface area contributed by atoms with Gasteiger partial charge in [0.15, 0.2) is 0 Å². The zero-order valence-corrected chi connectivity index (χ0v) is 16.0. The molecule has 0 radical (unpaired) electrons. The predicted octanol–water partition coefficient (Wildman–Crippen LogP) is 3.69. The normalized spacial score (nSPS) is 14.4. The number of piperazine rings is 1. The van der Waals surface area contributed by atoms with Crippen molar-refractivity contribution in [3.8, 4) is 0 Å². The molecule has 1 aliphatic heterocycles. The standard InChI is InChI=1S/C21H20ClFN4O/c22-18-6-2-1-5-16(18)14-27-15-17(13-24-27)21(28)26-11-9-25(10-12-26)20-8-4-3-7-19(20)23/h1-8,13,15H,9-12,14H2. The predicted molar refractivity (Wildman–Crippen MR) is 107 cm³/mol. The number of carbonyl (C=O) groups is 1. The molecule has 0 saturated carbocycles. The Morgan fingerprint density at radius 2 is 1.75 bits per heavy atom. The van der Waals surface area contributed by atoms with E-state index in [2.05, 4.69) is 5.10 Å². The van der Waals surface area contributed by atoms with E-state index in [0.717, 1.165) is 5.56 Å². The number of carbonyl (C=O) groups excluding carboxylic acids is 1. The number of para-hydroxylation sites is 1. The van der Waals surface area contributed by atoms with E-state index < -0.39 is 0 Å². The number of nitrogens with zero attached hydrogens (tertiary/aromatic N) is 4. The van der Waals surface area contributed by atoms with Gasteiger partial charge in [0.25, 0.3) is 5.91 Å². The van der Waals surface area contributed by atoms with Crippen LogP contribution >= 0.6 is 11.6 Å². The van der Waals surface area contributed by atoms with E-state index in [1.165, 1.54) is 6.07 Å². The molecule has 3 aromatic rings. The van der Waals surface area contributed by atoms with Gasteiger partial charge < -0.3 is 9.80 Å². The van der Waals surface area contributed by atoms with Crippen molar-refractivity contribution in [1.82, 2.24) is 14.7 Å². The summed E-state index contributed by atoms with van der Waals surface area (Å²) in [5.74, 6) is -0.290. The molecule has 1 saturated heterocycles. The average Bonchev–Trinajstić information content (AvgIpc) is 3.18. The summed E-state index contributed by atoms with van der Waals surface area (Å²) in [4.78, 5) is 16.6. The van der Waals surface area contributed by atoms with Gasteiger partial charge in [-0.15, -0.1) is 0 Å². The summed E-state index contributed by atoms with van der Waals surface area (Å²) >= 11 is 6.19. The molecule has 144 valence electrons. The van der Waals surface area contributed by atoms with E-state index in [-0.39, 0.29) is 11.7 Å². The van der Waals surface area contributed by atoms with Gasteiger partial charge in [0.2, 0.25) is 0 Å². The minimum absolute atomic E-state index is 0.0569. The fraction of sp³-hybridized carbons (Fsp3) is 0.238. The number of rotatable bonds is 4. The molecule has 0 unspecified atom stereocenters. The van der Waals surface area contributed by atoms with Crippen molar-refractivity contribution in [1.29, 1.82) is 0 Å². The Morgan fingerprint density at radius 1 is 1.04 bits per heavy atom. The molecule has 0 atom stereocenters. The average molecular weight is 399 g/mol. The summed E-state index contributed by atoms with van der Waals surface area (Å²) in [6, 6.07) is 14.3. The molecular weight excluding hydrogens is 379 g/mol. The third kappa shape index (κ3) is 3.87. The van der Waals surface area contributed by atoms with Gasteiger partial charge in [-0.1, -0.05) is 41.9 Å². The number of halogens is 2. The van der Waals surface area contributed by atoms with Crippen LogP contribution in [0, 0.1) is 5.82 Å². The topological polar surface area (TPSA) is 41.4 Å². The third-order valence-electron chi connectivity index (χ3n) is 4.93. The Morgan fingerprint density at radius 3 is 2.50 bits per heavy atom. The minimum atomic E-state index is -0.233. The SMILES string of the molecule is O=C(c1cnn(Cc2ccccc2Cl)c1)N1CCN(c2ccccc2F)CC1. The molecule has 28 heavy (non-hydrogen) atoms. The van der Waals surface area contributed by atoms with E-state index in [1.807, 2.05) is 35.2 Å². The Hall–Kier alpha value is -2.86. The van der Waals surface area contributed by atoms with Crippen LogP contribution in [0.2, 0.25) is 5.02 Å². The van der Waals surface area contributed by atoms with Crippen molar-refractivity contribution >= 4 is 23.2 Å². The fourth-order valence-corrected chi connectivity index (χ4v) is 3.60. The fourth-order valence-electron chi connectivity index (χ4n) is 3.40. The zero-order chi connectivity index (χ0) is 19.5. The summed E-state index contributed by atoms with van der Waals surface area (Å²) in [6.07, 6.45) is 3.33. The van der Waals surface area contributed by atoms with Crippen LogP contribution in [0.15, 0.2) is 60.9 Å².